The summed E-state index contributed by atoms with van der Waals surface area (Å²) >= 11 is 0. The van der Waals surface area contributed by atoms with Crippen LogP contribution in [0.5, 0.6) is 0 Å². The van der Waals surface area contributed by atoms with Gasteiger partial charge >= 0.3 is 0 Å². The van der Waals surface area contributed by atoms with Crippen molar-refractivity contribution in [2.45, 2.75) is 57.0 Å². The number of fused-ring (bicyclic) bond motifs is 1. The van der Waals surface area contributed by atoms with Crippen LogP contribution in [0.4, 0.5) is 0 Å². The van der Waals surface area contributed by atoms with E-state index in [1.165, 1.54) is 77.5 Å². The second-order valence-corrected chi connectivity index (χ2v) is 6.67. The minimum Gasteiger partial charge on any atom is -0.285 e. The molecule has 0 aromatic carbocycles. The highest BCUT2D eigenvalue weighted by atomic mass is 15.5. The van der Waals surface area contributed by atoms with Crippen LogP contribution in [0.25, 0.3) is 0 Å². The first-order valence-electron chi connectivity index (χ1n) is 7.94. The SMILES string of the molecule is C1CCC2C(C1)C2(N1CCCC1)N1CCCC1. The minimum atomic E-state index is 0.573. The Morgan fingerprint density at radius 1 is 0.588 bits per heavy atom. The van der Waals surface area contributed by atoms with E-state index in [0.717, 1.165) is 11.8 Å². The molecule has 0 amide bonds. The van der Waals surface area contributed by atoms with Gasteiger partial charge in [0.25, 0.3) is 0 Å². The summed E-state index contributed by atoms with van der Waals surface area (Å²) in [5.41, 5.74) is 0.573. The molecule has 0 radical (unpaired) electrons. The van der Waals surface area contributed by atoms with E-state index in [1.54, 1.807) is 0 Å². The van der Waals surface area contributed by atoms with Crippen molar-refractivity contribution in [3.05, 3.63) is 0 Å². The van der Waals surface area contributed by atoms with Gasteiger partial charge in [-0.2, -0.15) is 0 Å². The molecule has 0 spiro atoms. The maximum absolute atomic E-state index is 2.90. The lowest BCUT2D eigenvalue weighted by molar-refractivity contribution is 0.0305. The maximum atomic E-state index is 2.90. The van der Waals surface area contributed by atoms with Gasteiger partial charge in [0, 0.05) is 0 Å². The molecule has 0 N–H and O–H groups in total. The molecule has 2 nitrogen and oxygen atoms in total. The highest BCUT2D eigenvalue weighted by molar-refractivity contribution is 5.19. The first kappa shape index (κ1) is 10.8. The standard InChI is InChI=1S/C15H26N2/c1-2-8-14-13(7-1)15(14,16-9-3-4-10-16)17-11-5-6-12-17/h13-14H,1-12H2. The molecule has 4 fully saturated rings. The van der Waals surface area contributed by atoms with Crippen molar-refractivity contribution < 1.29 is 0 Å². The first-order chi connectivity index (χ1) is 8.44. The van der Waals surface area contributed by atoms with Crippen LogP contribution in [0.3, 0.4) is 0 Å². The molecular weight excluding hydrogens is 208 g/mol. The average Bonchev–Trinajstić information content (AvgIpc) is 2.89. The number of nitrogens with zero attached hydrogens (tertiary/aromatic N) is 2. The fraction of sp³-hybridized carbons (Fsp3) is 1.00. The summed E-state index contributed by atoms with van der Waals surface area (Å²) in [6.07, 6.45) is 11.9. The Kier molecular flexibility index (Phi) is 2.52. The number of likely N-dealkylation sites (tertiary alicyclic amines) is 2. The molecule has 2 saturated heterocycles. The summed E-state index contributed by atoms with van der Waals surface area (Å²) in [5.74, 6) is 2.10. The van der Waals surface area contributed by atoms with Gasteiger partial charge in [0.2, 0.25) is 0 Å². The molecule has 4 rings (SSSR count). The Bertz CT molecular complexity index is 259. The van der Waals surface area contributed by atoms with Gasteiger partial charge in [-0.05, 0) is 76.5 Å². The lowest BCUT2D eigenvalue weighted by Gasteiger charge is -2.38. The predicted molar refractivity (Wildman–Crippen MR) is 69.8 cm³/mol. The van der Waals surface area contributed by atoms with Crippen LogP contribution in [0.15, 0.2) is 0 Å². The van der Waals surface area contributed by atoms with Gasteiger partial charge in [0.15, 0.2) is 0 Å². The Hall–Kier alpha value is -0.0800. The predicted octanol–water partition coefficient (Wildman–Crippen LogP) is 2.69. The lowest BCUT2D eigenvalue weighted by Crippen LogP contribution is -2.51. The van der Waals surface area contributed by atoms with Gasteiger partial charge < -0.3 is 0 Å². The molecule has 2 saturated carbocycles. The molecule has 2 unspecified atom stereocenters. The fourth-order valence-corrected chi connectivity index (χ4v) is 5.35. The normalized spacial score (nSPS) is 41.6. The Morgan fingerprint density at radius 3 is 1.41 bits per heavy atom. The lowest BCUT2D eigenvalue weighted by atomic mass is 10.0. The van der Waals surface area contributed by atoms with Gasteiger partial charge in [0.05, 0.1) is 5.66 Å². The largest absolute Gasteiger partial charge is 0.285 e. The average molecular weight is 234 g/mol. The zero-order valence-electron chi connectivity index (χ0n) is 11.0. The highest BCUT2D eigenvalue weighted by Crippen LogP contribution is 2.64. The second-order valence-electron chi connectivity index (χ2n) is 6.67. The first-order valence-corrected chi connectivity index (χ1v) is 7.94. The summed E-state index contributed by atoms with van der Waals surface area (Å²) in [7, 11) is 0. The molecule has 2 aliphatic heterocycles. The third-order valence-electron chi connectivity index (χ3n) is 5.97. The highest BCUT2D eigenvalue weighted by Gasteiger charge is 2.70. The summed E-state index contributed by atoms with van der Waals surface area (Å²) in [6, 6.07) is 0. The fourth-order valence-electron chi connectivity index (χ4n) is 5.35. The van der Waals surface area contributed by atoms with E-state index in [-0.39, 0.29) is 0 Å². The molecule has 0 aromatic rings. The van der Waals surface area contributed by atoms with Crippen molar-refractivity contribution >= 4 is 0 Å². The van der Waals surface area contributed by atoms with Gasteiger partial charge in [-0.25, -0.2) is 0 Å². The molecular formula is C15H26N2. The van der Waals surface area contributed by atoms with Crippen molar-refractivity contribution in [3.63, 3.8) is 0 Å². The van der Waals surface area contributed by atoms with E-state index in [9.17, 15) is 0 Å². The Balaban J connectivity index is 1.63. The van der Waals surface area contributed by atoms with E-state index in [2.05, 4.69) is 9.80 Å². The smallest absolute Gasteiger partial charge is 0.0803 e. The Morgan fingerprint density at radius 2 is 1.00 bits per heavy atom. The van der Waals surface area contributed by atoms with Crippen LogP contribution in [-0.4, -0.2) is 41.6 Å². The molecule has 0 aromatic heterocycles. The van der Waals surface area contributed by atoms with Crippen molar-refractivity contribution in [1.82, 2.24) is 9.80 Å². The molecule has 96 valence electrons. The molecule has 4 aliphatic rings. The summed E-state index contributed by atoms with van der Waals surface area (Å²) in [6.45, 7) is 5.57. The van der Waals surface area contributed by atoms with E-state index in [4.69, 9.17) is 0 Å². The van der Waals surface area contributed by atoms with Crippen molar-refractivity contribution in [2.75, 3.05) is 26.2 Å². The van der Waals surface area contributed by atoms with E-state index in [1.807, 2.05) is 0 Å². The van der Waals surface area contributed by atoms with Crippen LogP contribution in [0.2, 0.25) is 0 Å². The third-order valence-corrected chi connectivity index (χ3v) is 5.97. The van der Waals surface area contributed by atoms with Crippen LogP contribution in [-0.2, 0) is 0 Å². The van der Waals surface area contributed by atoms with Gasteiger partial charge in [0.1, 0.15) is 0 Å². The van der Waals surface area contributed by atoms with E-state index >= 15 is 0 Å². The van der Waals surface area contributed by atoms with Crippen LogP contribution in [0, 0.1) is 11.8 Å². The summed E-state index contributed by atoms with van der Waals surface area (Å²) in [4.78, 5) is 5.80. The maximum Gasteiger partial charge on any atom is 0.0803 e. The summed E-state index contributed by atoms with van der Waals surface area (Å²) < 4.78 is 0. The number of hydrogen-bond donors (Lipinski definition) is 0. The monoisotopic (exact) mass is 234 g/mol. The van der Waals surface area contributed by atoms with Crippen LogP contribution < -0.4 is 0 Å². The third kappa shape index (κ3) is 1.40. The van der Waals surface area contributed by atoms with Gasteiger partial charge in [-0.15, -0.1) is 0 Å². The number of rotatable bonds is 2. The molecule has 2 heterocycles. The van der Waals surface area contributed by atoms with E-state index < -0.39 is 0 Å². The molecule has 2 heteroatoms. The molecule has 2 atom stereocenters. The topological polar surface area (TPSA) is 6.48 Å². The zero-order valence-corrected chi connectivity index (χ0v) is 11.0. The van der Waals surface area contributed by atoms with Crippen LogP contribution in [0.1, 0.15) is 51.4 Å². The Labute approximate surface area is 105 Å². The van der Waals surface area contributed by atoms with Crippen molar-refractivity contribution in [3.8, 4) is 0 Å². The second kappa shape index (κ2) is 3.96. The van der Waals surface area contributed by atoms with Crippen molar-refractivity contribution in [1.29, 1.82) is 0 Å². The molecule has 0 bridgehead atoms. The van der Waals surface area contributed by atoms with Crippen LogP contribution >= 0.6 is 0 Å². The number of hydrogen-bond acceptors (Lipinski definition) is 2. The van der Waals surface area contributed by atoms with Gasteiger partial charge in [-0.1, -0.05) is 12.8 Å². The van der Waals surface area contributed by atoms with Crippen molar-refractivity contribution in [2.24, 2.45) is 11.8 Å². The minimum absolute atomic E-state index is 0.573. The van der Waals surface area contributed by atoms with E-state index in [0.29, 0.717) is 5.66 Å². The molecule has 2 aliphatic carbocycles. The zero-order chi connectivity index (χ0) is 11.3. The van der Waals surface area contributed by atoms with Gasteiger partial charge in [-0.3, -0.25) is 9.80 Å². The summed E-state index contributed by atoms with van der Waals surface area (Å²) in [5, 5.41) is 0. The quantitative estimate of drug-likeness (QED) is 0.725. The molecule has 17 heavy (non-hydrogen) atoms.